The number of hydrogen-bond acceptors (Lipinski definition) is 5. The predicted molar refractivity (Wildman–Crippen MR) is 114 cm³/mol. The van der Waals surface area contributed by atoms with Crippen LogP contribution in [0.4, 0.5) is 4.39 Å². The van der Waals surface area contributed by atoms with Gasteiger partial charge in [0.25, 0.3) is 0 Å². The van der Waals surface area contributed by atoms with E-state index in [1.54, 1.807) is 26.4 Å². The van der Waals surface area contributed by atoms with Gasteiger partial charge in [0.15, 0.2) is 11.5 Å². The summed E-state index contributed by atoms with van der Waals surface area (Å²) in [6.07, 6.45) is 0.790. The molecule has 0 aromatic heterocycles. The summed E-state index contributed by atoms with van der Waals surface area (Å²) < 4.78 is 50.7. The van der Waals surface area contributed by atoms with Crippen LogP contribution in [0.5, 0.6) is 11.5 Å². The lowest BCUT2D eigenvalue weighted by Crippen LogP contribution is -2.42. The van der Waals surface area contributed by atoms with Crippen molar-refractivity contribution >= 4 is 27.5 Å². The van der Waals surface area contributed by atoms with Gasteiger partial charge in [-0.15, -0.1) is 0 Å². The zero-order valence-electron chi connectivity index (χ0n) is 17.2. The Balaban J connectivity index is 1.56. The molecule has 0 spiro atoms. The average Bonchev–Trinajstić information content (AvgIpc) is 2.79. The summed E-state index contributed by atoms with van der Waals surface area (Å²) in [7, 11) is -0.700. The van der Waals surface area contributed by atoms with Gasteiger partial charge in [-0.3, -0.25) is 4.79 Å². The van der Waals surface area contributed by atoms with Gasteiger partial charge in [-0.2, -0.15) is 4.31 Å². The van der Waals surface area contributed by atoms with Crippen molar-refractivity contribution in [3.05, 3.63) is 52.8 Å². The first kappa shape index (κ1) is 23.3. The first-order valence-electron chi connectivity index (χ1n) is 9.70. The van der Waals surface area contributed by atoms with Gasteiger partial charge in [0.05, 0.1) is 24.1 Å². The molecule has 1 aliphatic rings. The number of sulfonamides is 1. The maximum atomic E-state index is 13.3. The van der Waals surface area contributed by atoms with Gasteiger partial charge < -0.3 is 14.8 Å². The summed E-state index contributed by atoms with van der Waals surface area (Å²) in [5.74, 6) is 0.0906. The molecule has 1 aliphatic heterocycles. The van der Waals surface area contributed by atoms with Gasteiger partial charge in [-0.25, -0.2) is 12.8 Å². The molecule has 7 nitrogen and oxygen atoms in total. The number of benzene rings is 2. The molecule has 0 bridgehead atoms. The monoisotopic (exact) mass is 470 g/mol. The second kappa shape index (κ2) is 9.84. The Bertz CT molecular complexity index is 1060. The molecule has 0 atom stereocenters. The molecular weight excluding hydrogens is 447 g/mol. The minimum absolute atomic E-state index is 0.0599. The summed E-state index contributed by atoms with van der Waals surface area (Å²) in [6.45, 7) is 0.726. The lowest BCUT2D eigenvalue weighted by Gasteiger charge is -2.30. The van der Waals surface area contributed by atoms with E-state index in [2.05, 4.69) is 5.32 Å². The number of amides is 1. The van der Waals surface area contributed by atoms with Gasteiger partial charge in [0.1, 0.15) is 5.82 Å². The Labute approximate surface area is 186 Å². The Morgan fingerprint density at radius 2 is 1.81 bits per heavy atom. The van der Waals surface area contributed by atoms with Gasteiger partial charge >= 0.3 is 0 Å². The van der Waals surface area contributed by atoms with Crippen molar-refractivity contribution in [2.75, 3.05) is 27.3 Å². The summed E-state index contributed by atoms with van der Waals surface area (Å²) in [5.41, 5.74) is 0.860. The van der Waals surface area contributed by atoms with E-state index < -0.39 is 15.8 Å². The third-order valence-electron chi connectivity index (χ3n) is 5.27. The molecule has 1 amide bonds. The van der Waals surface area contributed by atoms with Crippen LogP contribution < -0.4 is 14.8 Å². The number of ether oxygens (including phenoxy) is 2. The Kier molecular flexibility index (Phi) is 7.40. The fourth-order valence-corrected chi connectivity index (χ4v) is 5.21. The standard InChI is InChI=1S/C21H24ClFN2O5S/c1-29-19-6-3-14(11-20(19)30-2)13-24-21(26)15-7-9-25(10-8-15)31(27,28)16-4-5-18(23)17(22)12-16/h3-6,11-12,15H,7-10,13H2,1-2H3,(H,24,26). The number of hydrogen-bond donors (Lipinski definition) is 1. The van der Waals surface area contributed by atoms with E-state index in [1.807, 2.05) is 6.07 Å². The largest absolute Gasteiger partial charge is 0.493 e. The molecule has 3 rings (SSSR count). The van der Waals surface area contributed by atoms with Crippen LogP contribution in [0.1, 0.15) is 18.4 Å². The SMILES string of the molecule is COc1ccc(CNC(=O)C2CCN(S(=O)(=O)c3ccc(F)c(Cl)c3)CC2)cc1OC. The molecular formula is C21H24ClFN2O5S. The second-order valence-electron chi connectivity index (χ2n) is 7.16. The third kappa shape index (κ3) is 5.28. The van der Waals surface area contributed by atoms with Crippen molar-refractivity contribution in [1.82, 2.24) is 9.62 Å². The minimum Gasteiger partial charge on any atom is -0.493 e. The molecule has 0 aliphatic carbocycles. The Morgan fingerprint density at radius 1 is 1.13 bits per heavy atom. The zero-order chi connectivity index (χ0) is 22.6. The van der Waals surface area contributed by atoms with Crippen molar-refractivity contribution in [3.63, 3.8) is 0 Å². The highest BCUT2D eigenvalue weighted by Crippen LogP contribution is 2.28. The van der Waals surface area contributed by atoms with E-state index in [9.17, 15) is 17.6 Å². The van der Waals surface area contributed by atoms with E-state index in [1.165, 1.54) is 10.4 Å². The number of nitrogens with zero attached hydrogens (tertiary/aromatic N) is 1. The van der Waals surface area contributed by atoms with Crippen LogP contribution in [0, 0.1) is 11.7 Å². The minimum atomic E-state index is -3.80. The molecule has 2 aromatic rings. The molecule has 1 N–H and O–H groups in total. The van der Waals surface area contributed by atoms with Crippen molar-refractivity contribution < 1.29 is 27.1 Å². The van der Waals surface area contributed by atoms with Gasteiger partial charge in [0, 0.05) is 25.6 Å². The number of nitrogens with one attached hydrogen (secondary N) is 1. The van der Waals surface area contributed by atoms with Crippen LogP contribution in [0.25, 0.3) is 0 Å². The van der Waals surface area contributed by atoms with E-state index in [4.69, 9.17) is 21.1 Å². The molecule has 31 heavy (non-hydrogen) atoms. The molecule has 0 saturated carbocycles. The van der Waals surface area contributed by atoms with Crippen LogP contribution in [0.15, 0.2) is 41.3 Å². The molecule has 0 radical (unpaired) electrons. The normalized spacial score (nSPS) is 15.5. The first-order valence-corrected chi connectivity index (χ1v) is 11.5. The van der Waals surface area contributed by atoms with Crippen molar-refractivity contribution in [3.8, 4) is 11.5 Å². The molecule has 168 valence electrons. The topological polar surface area (TPSA) is 84.9 Å². The number of methoxy groups -OCH3 is 2. The number of halogens is 2. The molecule has 10 heteroatoms. The third-order valence-corrected chi connectivity index (χ3v) is 7.45. The van der Waals surface area contributed by atoms with Crippen molar-refractivity contribution in [2.45, 2.75) is 24.3 Å². The summed E-state index contributed by atoms with van der Waals surface area (Å²) in [4.78, 5) is 12.5. The van der Waals surface area contributed by atoms with Crippen LogP contribution in [0.2, 0.25) is 5.02 Å². The van der Waals surface area contributed by atoms with E-state index in [0.717, 1.165) is 17.7 Å². The number of rotatable bonds is 7. The summed E-state index contributed by atoms with van der Waals surface area (Å²) >= 11 is 5.72. The molecule has 0 unspecified atom stereocenters. The summed E-state index contributed by atoms with van der Waals surface area (Å²) in [5, 5.41) is 2.65. The summed E-state index contributed by atoms with van der Waals surface area (Å²) in [6, 6.07) is 8.73. The number of piperidine rings is 1. The first-order chi connectivity index (χ1) is 14.8. The Morgan fingerprint density at radius 3 is 2.42 bits per heavy atom. The van der Waals surface area contributed by atoms with Crippen LogP contribution in [-0.2, 0) is 21.4 Å². The lowest BCUT2D eigenvalue weighted by molar-refractivity contribution is -0.126. The van der Waals surface area contributed by atoms with Gasteiger partial charge in [-0.1, -0.05) is 17.7 Å². The molecule has 2 aromatic carbocycles. The van der Waals surface area contributed by atoms with E-state index in [-0.39, 0.29) is 34.8 Å². The van der Waals surface area contributed by atoms with Crippen molar-refractivity contribution in [1.29, 1.82) is 0 Å². The fraction of sp³-hybridized carbons (Fsp3) is 0.381. The average molecular weight is 471 g/mol. The maximum Gasteiger partial charge on any atom is 0.243 e. The lowest BCUT2D eigenvalue weighted by atomic mass is 9.97. The van der Waals surface area contributed by atoms with Gasteiger partial charge in [0.2, 0.25) is 15.9 Å². The molecule has 1 fully saturated rings. The molecule has 1 saturated heterocycles. The van der Waals surface area contributed by atoms with Crippen LogP contribution >= 0.6 is 11.6 Å². The quantitative estimate of drug-likeness (QED) is 0.671. The van der Waals surface area contributed by atoms with Crippen LogP contribution in [0.3, 0.4) is 0 Å². The number of carbonyl (C=O) groups excluding carboxylic acids is 1. The molecule has 1 heterocycles. The predicted octanol–water partition coefficient (Wildman–Crippen LogP) is 3.21. The maximum absolute atomic E-state index is 13.3. The highest BCUT2D eigenvalue weighted by atomic mass is 35.5. The zero-order valence-corrected chi connectivity index (χ0v) is 18.8. The number of carbonyl (C=O) groups is 1. The van der Waals surface area contributed by atoms with E-state index >= 15 is 0 Å². The van der Waals surface area contributed by atoms with Crippen LogP contribution in [-0.4, -0.2) is 45.9 Å². The van der Waals surface area contributed by atoms with E-state index in [0.29, 0.717) is 30.9 Å². The highest BCUT2D eigenvalue weighted by Gasteiger charge is 2.32. The Hall–Kier alpha value is -2.36. The highest BCUT2D eigenvalue weighted by molar-refractivity contribution is 7.89. The van der Waals surface area contributed by atoms with Gasteiger partial charge in [-0.05, 0) is 48.7 Å². The smallest absolute Gasteiger partial charge is 0.243 e. The second-order valence-corrected chi connectivity index (χ2v) is 9.51. The van der Waals surface area contributed by atoms with Crippen molar-refractivity contribution in [2.24, 2.45) is 5.92 Å². The fourth-order valence-electron chi connectivity index (χ4n) is 3.47.